The molecule has 1 saturated carbocycles. The first-order valence-corrected chi connectivity index (χ1v) is 11.9. The van der Waals surface area contributed by atoms with Crippen molar-refractivity contribution in [2.24, 2.45) is 5.73 Å². The molecule has 0 spiro atoms. The quantitative estimate of drug-likeness (QED) is 0.399. The van der Waals surface area contributed by atoms with Crippen molar-refractivity contribution in [2.75, 3.05) is 13.6 Å². The van der Waals surface area contributed by atoms with Gasteiger partial charge in [0.1, 0.15) is 5.82 Å². The summed E-state index contributed by atoms with van der Waals surface area (Å²) in [5.74, 6) is -0.792. The van der Waals surface area contributed by atoms with Gasteiger partial charge in [0.15, 0.2) is 0 Å². The molecule has 0 saturated heterocycles. The van der Waals surface area contributed by atoms with Crippen LogP contribution in [0.3, 0.4) is 0 Å². The molecule has 2 amide bonds. The number of rotatable bonds is 7. The van der Waals surface area contributed by atoms with E-state index in [2.05, 4.69) is 9.97 Å². The zero-order chi connectivity index (χ0) is 26.5. The van der Waals surface area contributed by atoms with Crippen LogP contribution in [0, 0.1) is 5.82 Å². The molecule has 10 heteroatoms. The number of fused-ring (bicyclic) bond motifs is 1. The first-order chi connectivity index (χ1) is 17.5. The summed E-state index contributed by atoms with van der Waals surface area (Å²) in [7, 11) is 1.51. The molecule has 1 fully saturated rings. The number of aliphatic hydroxyl groups is 1. The van der Waals surface area contributed by atoms with Crippen molar-refractivity contribution in [3.05, 3.63) is 71.4 Å². The lowest BCUT2D eigenvalue weighted by Gasteiger charge is -2.19. The first kappa shape index (κ1) is 24.5. The molecule has 0 unspecified atom stereocenters. The van der Waals surface area contributed by atoms with Gasteiger partial charge in [0, 0.05) is 47.4 Å². The number of hydrogen-bond acceptors (Lipinski definition) is 6. The van der Waals surface area contributed by atoms with Gasteiger partial charge in [-0.2, -0.15) is 9.78 Å². The molecular weight excluding hydrogens is 475 g/mol. The maximum atomic E-state index is 14.6. The van der Waals surface area contributed by atoms with Crippen LogP contribution in [0.2, 0.25) is 0 Å². The van der Waals surface area contributed by atoms with E-state index in [4.69, 9.17) is 10.8 Å². The van der Waals surface area contributed by atoms with Gasteiger partial charge in [0.05, 0.1) is 23.4 Å². The van der Waals surface area contributed by atoms with Gasteiger partial charge in [0.2, 0.25) is 5.91 Å². The molecule has 0 bridgehead atoms. The number of carbonyl (C=O) groups is 2. The molecule has 37 heavy (non-hydrogen) atoms. The molecule has 2 heterocycles. The molecule has 3 N–H and O–H groups in total. The molecule has 1 aliphatic carbocycles. The molecular formula is C27H27FN6O3. The van der Waals surface area contributed by atoms with E-state index < -0.39 is 17.3 Å². The zero-order valence-electron chi connectivity index (χ0n) is 20.8. The average molecular weight is 503 g/mol. The fraction of sp³-hybridized carbons (Fsp3) is 0.296. The Bertz CT molecular complexity index is 1520. The predicted octanol–water partition coefficient (Wildman–Crippen LogP) is 3.28. The minimum absolute atomic E-state index is 0.195. The number of nitrogens with two attached hydrogens (primary N) is 1. The number of carbonyl (C=O) groups excluding carboxylic acids is 2. The molecule has 5 rings (SSSR count). The fourth-order valence-corrected chi connectivity index (χ4v) is 4.31. The summed E-state index contributed by atoms with van der Waals surface area (Å²) in [5, 5.41) is 16.0. The monoisotopic (exact) mass is 502 g/mol. The number of halogens is 1. The van der Waals surface area contributed by atoms with Crippen molar-refractivity contribution in [2.45, 2.75) is 38.2 Å². The Kier molecular flexibility index (Phi) is 5.99. The Hall–Kier alpha value is -4.18. The number of aromatic nitrogens is 4. The lowest BCUT2D eigenvalue weighted by atomic mass is 9.95. The Labute approximate surface area is 212 Å². The SMILES string of the molecule is CN(CC(N)=O)C(=O)c1ccc2c(C3CC3)nn(-c3ncc(-c4cc(C(C)(C)O)ccc4F)cn3)c2c1. The van der Waals surface area contributed by atoms with Crippen LogP contribution in [0.25, 0.3) is 28.0 Å². The van der Waals surface area contributed by atoms with Crippen molar-refractivity contribution in [1.29, 1.82) is 0 Å². The van der Waals surface area contributed by atoms with Crippen LogP contribution in [0.15, 0.2) is 48.8 Å². The summed E-state index contributed by atoms with van der Waals surface area (Å²) in [6.07, 6.45) is 5.08. The van der Waals surface area contributed by atoms with Crippen LogP contribution < -0.4 is 5.73 Å². The lowest BCUT2D eigenvalue weighted by molar-refractivity contribution is -0.118. The minimum Gasteiger partial charge on any atom is -0.386 e. The van der Waals surface area contributed by atoms with Crippen molar-refractivity contribution in [3.8, 4) is 17.1 Å². The van der Waals surface area contributed by atoms with E-state index in [1.807, 2.05) is 6.07 Å². The zero-order valence-corrected chi connectivity index (χ0v) is 20.8. The highest BCUT2D eigenvalue weighted by Crippen LogP contribution is 2.43. The van der Waals surface area contributed by atoms with E-state index in [0.29, 0.717) is 28.1 Å². The maximum Gasteiger partial charge on any atom is 0.254 e. The summed E-state index contributed by atoms with van der Waals surface area (Å²) in [6, 6.07) is 9.71. The van der Waals surface area contributed by atoms with E-state index in [9.17, 15) is 19.1 Å². The summed E-state index contributed by atoms with van der Waals surface area (Å²) in [4.78, 5) is 34.3. The molecule has 9 nitrogen and oxygen atoms in total. The second kappa shape index (κ2) is 9.04. The Morgan fingerprint density at radius 3 is 2.49 bits per heavy atom. The highest BCUT2D eigenvalue weighted by atomic mass is 19.1. The van der Waals surface area contributed by atoms with Gasteiger partial charge >= 0.3 is 0 Å². The number of hydrogen-bond donors (Lipinski definition) is 2. The van der Waals surface area contributed by atoms with Crippen LogP contribution in [-0.2, 0) is 10.4 Å². The lowest BCUT2D eigenvalue weighted by Crippen LogP contribution is -2.35. The van der Waals surface area contributed by atoms with Crippen molar-refractivity contribution >= 4 is 22.7 Å². The van der Waals surface area contributed by atoms with Gasteiger partial charge < -0.3 is 15.7 Å². The number of amides is 2. The fourth-order valence-electron chi connectivity index (χ4n) is 4.31. The van der Waals surface area contributed by atoms with Crippen molar-refractivity contribution in [3.63, 3.8) is 0 Å². The third-order valence-electron chi connectivity index (χ3n) is 6.47. The third-order valence-corrected chi connectivity index (χ3v) is 6.47. The molecule has 0 aliphatic heterocycles. The normalized spacial score (nSPS) is 13.6. The largest absolute Gasteiger partial charge is 0.386 e. The summed E-state index contributed by atoms with van der Waals surface area (Å²) < 4.78 is 16.2. The molecule has 190 valence electrons. The van der Waals surface area contributed by atoms with E-state index in [1.54, 1.807) is 42.8 Å². The van der Waals surface area contributed by atoms with Crippen LogP contribution in [0.5, 0.6) is 0 Å². The first-order valence-electron chi connectivity index (χ1n) is 11.9. The Morgan fingerprint density at radius 1 is 1.16 bits per heavy atom. The Morgan fingerprint density at radius 2 is 1.86 bits per heavy atom. The van der Waals surface area contributed by atoms with Gasteiger partial charge in [-0.3, -0.25) is 9.59 Å². The maximum absolute atomic E-state index is 14.6. The summed E-state index contributed by atoms with van der Waals surface area (Å²) in [6.45, 7) is 3.07. The van der Waals surface area contributed by atoms with E-state index in [0.717, 1.165) is 23.9 Å². The standard InChI is InChI=1S/C27H27FN6O3/c1-27(2,37)18-7-9-21(28)20(11-18)17-12-30-26(31-13-17)34-22-10-16(25(36)33(3)14-23(29)35)6-8-19(22)24(32-34)15-4-5-15/h6-13,15,37H,4-5,14H2,1-3H3,(H2,29,35). The van der Waals surface area contributed by atoms with Crippen molar-refractivity contribution in [1.82, 2.24) is 24.6 Å². The molecule has 0 atom stereocenters. The molecule has 2 aromatic heterocycles. The smallest absolute Gasteiger partial charge is 0.254 e. The van der Waals surface area contributed by atoms with Gasteiger partial charge in [-0.1, -0.05) is 12.1 Å². The van der Waals surface area contributed by atoms with Crippen LogP contribution in [0.1, 0.15) is 54.2 Å². The van der Waals surface area contributed by atoms with Gasteiger partial charge in [-0.05, 0) is 56.5 Å². The van der Waals surface area contributed by atoms with Gasteiger partial charge in [-0.15, -0.1) is 0 Å². The Balaban J connectivity index is 1.55. The summed E-state index contributed by atoms with van der Waals surface area (Å²) >= 11 is 0. The average Bonchev–Trinajstić information content (AvgIpc) is 3.63. The van der Waals surface area contributed by atoms with Gasteiger partial charge in [0.25, 0.3) is 11.9 Å². The van der Waals surface area contributed by atoms with Crippen LogP contribution >= 0.6 is 0 Å². The number of nitrogens with zero attached hydrogens (tertiary/aromatic N) is 5. The molecule has 1 aliphatic rings. The number of primary amides is 1. The highest BCUT2D eigenvalue weighted by molar-refractivity contribution is 6.00. The van der Waals surface area contributed by atoms with Gasteiger partial charge in [-0.25, -0.2) is 14.4 Å². The second-order valence-corrected chi connectivity index (χ2v) is 9.96. The molecule has 0 radical (unpaired) electrons. The molecule has 4 aromatic rings. The van der Waals surface area contributed by atoms with Crippen LogP contribution in [0.4, 0.5) is 4.39 Å². The molecule has 2 aromatic carbocycles. The topological polar surface area (TPSA) is 127 Å². The minimum atomic E-state index is -1.13. The van der Waals surface area contributed by atoms with E-state index >= 15 is 0 Å². The number of benzene rings is 2. The second-order valence-electron chi connectivity index (χ2n) is 9.96. The number of likely N-dealkylation sites (N-methyl/N-ethyl adjacent to an activating group) is 1. The van der Waals surface area contributed by atoms with Crippen LogP contribution in [-0.4, -0.2) is 55.2 Å². The van der Waals surface area contributed by atoms with E-state index in [1.165, 1.54) is 30.4 Å². The van der Waals surface area contributed by atoms with Crippen molar-refractivity contribution < 1.29 is 19.1 Å². The highest BCUT2D eigenvalue weighted by Gasteiger charge is 2.30. The van der Waals surface area contributed by atoms with E-state index in [-0.39, 0.29) is 24.0 Å². The third kappa shape index (κ3) is 4.79. The predicted molar refractivity (Wildman–Crippen MR) is 135 cm³/mol. The summed E-state index contributed by atoms with van der Waals surface area (Å²) in [5.41, 5.74) is 7.35.